The fourth-order valence-electron chi connectivity index (χ4n) is 1.71. The van der Waals surface area contributed by atoms with Gasteiger partial charge in [-0.05, 0) is 13.8 Å². The van der Waals surface area contributed by atoms with Crippen LogP contribution in [0.1, 0.15) is 13.8 Å². The number of urea groups is 1. The molecule has 3 amide bonds. The maximum Gasteiger partial charge on any atom is 0.318 e. The number of amides is 3. The zero-order chi connectivity index (χ0) is 14.6. The second-order valence-corrected chi connectivity index (χ2v) is 5.08. The molecule has 0 atom stereocenters. The predicted molar refractivity (Wildman–Crippen MR) is 67.5 cm³/mol. The number of primary amides is 1. The Morgan fingerprint density at radius 3 is 2.16 bits per heavy atom. The van der Waals surface area contributed by atoms with Crippen LogP contribution in [0.4, 0.5) is 4.79 Å². The first-order chi connectivity index (χ1) is 8.72. The third-order valence-corrected chi connectivity index (χ3v) is 3.05. The van der Waals surface area contributed by atoms with Crippen LogP contribution in [0.2, 0.25) is 0 Å². The van der Waals surface area contributed by atoms with Gasteiger partial charge in [-0.25, -0.2) is 4.79 Å². The number of rotatable bonds is 4. The van der Waals surface area contributed by atoms with E-state index < -0.39 is 17.4 Å². The summed E-state index contributed by atoms with van der Waals surface area (Å²) in [7, 11) is 0. The maximum absolute atomic E-state index is 11.9. The normalized spacial score (nSPS) is 17.1. The third kappa shape index (κ3) is 4.40. The Labute approximate surface area is 111 Å². The fraction of sp³-hybridized carbons (Fsp3) is 0.727. The number of carboxylic acid groups (broad SMARTS) is 1. The van der Waals surface area contributed by atoms with Gasteiger partial charge in [0.2, 0.25) is 5.91 Å². The summed E-state index contributed by atoms with van der Waals surface area (Å²) in [6, 6.07) is -0.362. The summed E-state index contributed by atoms with van der Waals surface area (Å²) < 4.78 is 0. The largest absolute Gasteiger partial charge is 0.480 e. The summed E-state index contributed by atoms with van der Waals surface area (Å²) >= 11 is 0. The number of aliphatic carboxylic acids is 1. The highest BCUT2D eigenvalue weighted by atomic mass is 16.4. The molecular weight excluding hydrogens is 252 g/mol. The molecule has 0 unspecified atom stereocenters. The molecule has 108 valence electrons. The van der Waals surface area contributed by atoms with Crippen LogP contribution in [0.25, 0.3) is 0 Å². The summed E-state index contributed by atoms with van der Waals surface area (Å²) in [4.78, 5) is 36.9. The van der Waals surface area contributed by atoms with E-state index in [-0.39, 0.29) is 12.6 Å². The number of nitrogens with one attached hydrogen (secondary N) is 1. The minimum absolute atomic E-state index is 0.0256. The number of piperazine rings is 1. The van der Waals surface area contributed by atoms with Gasteiger partial charge in [-0.3, -0.25) is 14.5 Å². The molecule has 0 radical (unpaired) electrons. The maximum atomic E-state index is 11.9. The lowest BCUT2D eigenvalue weighted by Gasteiger charge is -2.35. The Balaban J connectivity index is 2.45. The van der Waals surface area contributed by atoms with Crippen LogP contribution in [0.5, 0.6) is 0 Å². The van der Waals surface area contributed by atoms with Gasteiger partial charge in [0.15, 0.2) is 0 Å². The second-order valence-electron chi connectivity index (χ2n) is 5.08. The van der Waals surface area contributed by atoms with Gasteiger partial charge in [0.25, 0.3) is 0 Å². The molecule has 1 rings (SSSR count). The molecule has 1 heterocycles. The Kier molecular flexibility index (Phi) is 4.71. The van der Waals surface area contributed by atoms with Crippen LogP contribution in [0.3, 0.4) is 0 Å². The first kappa shape index (κ1) is 15.2. The number of carbonyl (C=O) groups is 3. The smallest absolute Gasteiger partial charge is 0.318 e. The van der Waals surface area contributed by atoms with Crippen molar-refractivity contribution in [1.29, 1.82) is 0 Å². The lowest BCUT2D eigenvalue weighted by atomic mass is 10.1. The van der Waals surface area contributed by atoms with Gasteiger partial charge in [0, 0.05) is 26.2 Å². The van der Waals surface area contributed by atoms with Crippen LogP contribution < -0.4 is 11.1 Å². The Bertz CT molecular complexity index is 375. The lowest BCUT2D eigenvalue weighted by molar-refractivity contribution is -0.138. The van der Waals surface area contributed by atoms with Crippen molar-refractivity contribution in [3.63, 3.8) is 0 Å². The minimum Gasteiger partial charge on any atom is -0.480 e. The monoisotopic (exact) mass is 272 g/mol. The van der Waals surface area contributed by atoms with Crippen molar-refractivity contribution in [3.05, 3.63) is 0 Å². The number of carbonyl (C=O) groups excluding carboxylic acids is 2. The Morgan fingerprint density at radius 2 is 1.74 bits per heavy atom. The molecule has 1 aliphatic heterocycles. The fourth-order valence-corrected chi connectivity index (χ4v) is 1.71. The molecule has 1 fully saturated rings. The molecule has 4 N–H and O–H groups in total. The molecule has 0 spiro atoms. The van der Waals surface area contributed by atoms with E-state index in [1.54, 1.807) is 9.80 Å². The third-order valence-electron chi connectivity index (χ3n) is 3.05. The molecule has 0 aromatic rings. The zero-order valence-corrected chi connectivity index (χ0v) is 11.2. The van der Waals surface area contributed by atoms with E-state index in [9.17, 15) is 14.4 Å². The molecule has 0 bridgehead atoms. The summed E-state index contributed by atoms with van der Waals surface area (Å²) in [6.07, 6.45) is 0. The number of hydrogen-bond donors (Lipinski definition) is 3. The highest BCUT2D eigenvalue weighted by Gasteiger charge is 2.30. The average Bonchev–Trinajstić information content (AvgIpc) is 2.28. The molecule has 0 aliphatic carbocycles. The number of nitrogens with two attached hydrogens (primary N) is 1. The molecule has 0 aromatic heterocycles. The van der Waals surface area contributed by atoms with E-state index >= 15 is 0 Å². The van der Waals surface area contributed by atoms with E-state index in [0.29, 0.717) is 26.2 Å². The topological polar surface area (TPSA) is 116 Å². The van der Waals surface area contributed by atoms with E-state index in [2.05, 4.69) is 5.32 Å². The number of nitrogens with zero attached hydrogens (tertiary/aromatic N) is 2. The number of hydrogen-bond acceptors (Lipinski definition) is 4. The van der Waals surface area contributed by atoms with E-state index in [1.165, 1.54) is 13.8 Å². The summed E-state index contributed by atoms with van der Waals surface area (Å²) in [5.41, 5.74) is 4.08. The molecule has 8 nitrogen and oxygen atoms in total. The number of carboxylic acids is 1. The predicted octanol–water partition coefficient (Wildman–Crippen LogP) is -1.34. The van der Waals surface area contributed by atoms with Crippen molar-refractivity contribution in [2.75, 3.05) is 32.7 Å². The van der Waals surface area contributed by atoms with Crippen LogP contribution in [0.15, 0.2) is 0 Å². The van der Waals surface area contributed by atoms with Crippen LogP contribution in [-0.4, -0.2) is 71.1 Å². The van der Waals surface area contributed by atoms with Crippen molar-refractivity contribution >= 4 is 17.9 Å². The van der Waals surface area contributed by atoms with E-state index in [4.69, 9.17) is 10.8 Å². The van der Waals surface area contributed by atoms with Gasteiger partial charge in [-0.1, -0.05) is 0 Å². The van der Waals surface area contributed by atoms with Gasteiger partial charge >= 0.3 is 12.0 Å². The van der Waals surface area contributed by atoms with Gasteiger partial charge in [0.05, 0.1) is 6.54 Å². The Hall–Kier alpha value is -1.83. The van der Waals surface area contributed by atoms with E-state index in [0.717, 1.165) is 0 Å². The summed E-state index contributed by atoms with van der Waals surface area (Å²) in [6.45, 7) is 4.89. The van der Waals surface area contributed by atoms with Gasteiger partial charge in [-0.15, -0.1) is 0 Å². The molecule has 0 aromatic carbocycles. The highest BCUT2D eigenvalue weighted by Crippen LogP contribution is 2.06. The minimum atomic E-state index is -1.10. The van der Waals surface area contributed by atoms with Crippen molar-refractivity contribution in [1.82, 2.24) is 15.1 Å². The SMILES string of the molecule is CC(C)(NC(=O)N1CCN(CC(=O)O)CC1)C(N)=O. The van der Waals surface area contributed by atoms with Crippen molar-refractivity contribution in [2.24, 2.45) is 5.73 Å². The first-order valence-electron chi connectivity index (χ1n) is 6.03. The van der Waals surface area contributed by atoms with Crippen LogP contribution in [0, 0.1) is 0 Å². The van der Waals surface area contributed by atoms with Crippen LogP contribution >= 0.6 is 0 Å². The molecule has 1 saturated heterocycles. The average molecular weight is 272 g/mol. The molecular formula is C11H20N4O4. The van der Waals surface area contributed by atoms with E-state index in [1.807, 2.05) is 0 Å². The zero-order valence-electron chi connectivity index (χ0n) is 11.2. The molecule has 8 heteroatoms. The standard InChI is InChI=1S/C11H20N4O4/c1-11(2,9(12)18)13-10(19)15-5-3-14(4-6-15)7-8(16)17/h3-7H2,1-2H3,(H2,12,18)(H,13,19)(H,16,17). The lowest BCUT2D eigenvalue weighted by Crippen LogP contribution is -2.59. The van der Waals surface area contributed by atoms with Gasteiger partial charge in [0.1, 0.15) is 5.54 Å². The summed E-state index contributed by atoms with van der Waals surface area (Å²) in [5.74, 6) is -1.49. The first-order valence-corrected chi connectivity index (χ1v) is 6.03. The van der Waals surface area contributed by atoms with Crippen LogP contribution in [-0.2, 0) is 9.59 Å². The molecule has 0 saturated carbocycles. The highest BCUT2D eigenvalue weighted by molar-refractivity contribution is 5.89. The van der Waals surface area contributed by atoms with Crippen molar-refractivity contribution in [2.45, 2.75) is 19.4 Å². The summed E-state index contributed by atoms with van der Waals surface area (Å²) in [5, 5.41) is 11.2. The quantitative estimate of drug-likeness (QED) is 0.586. The molecule has 19 heavy (non-hydrogen) atoms. The van der Waals surface area contributed by atoms with Crippen molar-refractivity contribution in [3.8, 4) is 0 Å². The second kappa shape index (κ2) is 5.87. The van der Waals surface area contributed by atoms with Gasteiger partial charge < -0.3 is 21.1 Å². The van der Waals surface area contributed by atoms with Crippen molar-refractivity contribution < 1.29 is 19.5 Å². The Morgan fingerprint density at radius 1 is 1.21 bits per heavy atom. The molecule has 1 aliphatic rings. The van der Waals surface area contributed by atoms with Gasteiger partial charge in [-0.2, -0.15) is 0 Å².